The Morgan fingerprint density at radius 3 is 2.47 bits per heavy atom. The van der Waals surface area contributed by atoms with Gasteiger partial charge in [0.2, 0.25) is 0 Å². The van der Waals surface area contributed by atoms with Crippen LogP contribution in [0, 0.1) is 53.2 Å². The summed E-state index contributed by atoms with van der Waals surface area (Å²) in [5, 5.41) is 9.10. The molecule has 1 heterocycles. The Morgan fingerprint density at radius 2 is 1.83 bits per heavy atom. The fourth-order valence-electron chi connectivity index (χ4n) is 6.95. The van der Waals surface area contributed by atoms with Crippen molar-refractivity contribution >= 4 is 0 Å². The molecule has 158 valence electrons. The predicted octanol–water partition coefficient (Wildman–Crippen LogP) is 6.83. The molecule has 0 spiro atoms. The molecule has 5 rings (SSSR count). The molecule has 6 atom stereocenters. The maximum absolute atomic E-state index is 14.6. The summed E-state index contributed by atoms with van der Waals surface area (Å²) in [7, 11) is 0. The molecule has 0 bridgehead atoms. The van der Waals surface area contributed by atoms with Gasteiger partial charge >= 0.3 is 0 Å². The average molecular weight is 405 g/mol. The van der Waals surface area contributed by atoms with E-state index in [9.17, 15) is 4.39 Å². The summed E-state index contributed by atoms with van der Waals surface area (Å²) in [6, 6.07) is 9.71. The van der Waals surface area contributed by atoms with Crippen molar-refractivity contribution in [3.8, 4) is 6.07 Å². The van der Waals surface area contributed by atoms with Gasteiger partial charge in [-0.15, -0.1) is 0 Å². The van der Waals surface area contributed by atoms with E-state index in [2.05, 4.69) is 31.8 Å². The second kappa shape index (κ2) is 8.14. The Labute approximate surface area is 180 Å². The quantitative estimate of drug-likeness (QED) is 0.483. The SMILES string of the molecule is C[C@H]1C[C@@]2(C)C(CC[C@@H]2C)C2CCc3c(ccc(C#N)c3F)C21.Cc1ccncc1. The first kappa shape index (κ1) is 21.0. The summed E-state index contributed by atoms with van der Waals surface area (Å²) >= 11 is 0. The van der Waals surface area contributed by atoms with Gasteiger partial charge in [-0.25, -0.2) is 4.39 Å². The number of hydrogen-bond acceptors (Lipinski definition) is 2. The molecular weight excluding hydrogens is 371 g/mol. The number of nitrogens with zero attached hydrogens (tertiary/aromatic N) is 2. The zero-order valence-electron chi connectivity index (χ0n) is 18.7. The second-order valence-corrected chi connectivity index (χ2v) is 10.1. The summed E-state index contributed by atoms with van der Waals surface area (Å²) < 4.78 is 14.6. The highest BCUT2D eigenvalue weighted by Gasteiger charge is 2.55. The molecule has 3 aliphatic carbocycles. The predicted molar refractivity (Wildman–Crippen MR) is 118 cm³/mol. The zero-order chi connectivity index (χ0) is 21.5. The van der Waals surface area contributed by atoms with E-state index in [1.807, 2.05) is 25.1 Å². The largest absolute Gasteiger partial charge is 0.265 e. The molecule has 0 amide bonds. The Hall–Kier alpha value is -2.21. The molecule has 2 nitrogen and oxygen atoms in total. The molecule has 0 saturated heterocycles. The molecule has 0 N–H and O–H groups in total. The van der Waals surface area contributed by atoms with Gasteiger partial charge in [-0.2, -0.15) is 5.26 Å². The van der Waals surface area contributed by atoms with Crippen LogP contribution < -0.4 is 0 Å². The summed E-state index contributed by atoms with van der Waals surface area (Å²) in [5.41, 5.74) is 4.00. The van der Waals surface area contributed by atoms with Crippen LogP contribution in [0.3, 0.4) is 0 Å². The van der Waals surface area contributed by atoms with E-state index in [0.29, 0.717) is 23.2 Å². The maximum Gasteiger partial charge on any atom is 0.144 e. The third-order valence-electron chi connectivity index (χ3n) is 8.57. The van der Waals surface area contributed by atoms with Crippen LogP contribution in [-0.4, -0.2) is 4.98 Å². The van der Waals surface area contributed by atoms with Gasteiger partial charge < -0.3 is 0 Å². The average Bonchev–Trinajstić information content (AvgIpc) is 3.03. The topological polar surface area (TPSA) is 36.7 Å². The third-order valence-corrected chi connectivity index (χ3v) is 8.57. The molecule has 3 aliphatic rings. The van der Waals surface area contributed by atoms with Crippen molar-refractivity contribution in [3.63, 3.8) is 0 Å². The molecule has 2 aromatic rings. The highest BCUT2D eigenvalue weighted by molar-refractivity contribution is 5.44. The molecule has 1 aromatic heterocycles. The lowest BCUT2D eigenvalue weighted by molar-refractivity contribution is 0.000833. The minimum absolute atomic E-state index is 0.213. The van der Waals surface area contributed by atoms with Crippen molar-refractivity contribution in [1.29, 1.82) is 5.26 Å². The number of rotatable bonds is 0. The summed E-state index contributed by atoms with van der Waals surface area (Å²) in [5.74, 6) is 3.16. The van der Waals surface area contributed by atoms with Gasteiger partial charge in [0.15, 0.2) is 0 Å². The van der Waals surface area contributed by atoms with E-state index in [1.54, 1.807) is 18.5 Å². The summed E-state index contributed by atoms with van der Waals surface area (Å²) in [4.78, 5) is 3.85. The van der Waals surface area contributed by atoms with Crippen LogP contribution in [0.15, 0.2) is 36.7 Å². The normalized spacial score (nSPS) is 33.9. The van der Waals surface area contributed by atoms with Gasteiger partial charge in [-0.3, -0.25) is 4.98 Å². The van der Waals surface area contributed by atoms with Crippen molar-refractivity contribution in [2.24, 2.45) is 29.1 Å². The van der Waals surface area contributed by atoms with E-state index < -0.39 is 0 Å². The van der Waals surface area contributed by atoms with Crippen LogP contribution in [0.4, 0.5) is 4.39 Å². The highest BCUT2D eigenvalue weighted by atomic mass is 19.1. The smallest absolute Gasteiger partial charge is 0.144 e. The molecule has 2 fully saturated rings. The van der Waals surface area contributed by atoms with Gasteiger partial charge in [-0.05, 0) is 109 Å². The van der Waals surface area contributed by atoms with Crippen LogP contribution in [0.25, 0.3) is 0 Å². The highest BCUT2D eigenvalue weighted by Crippen LogP contribution is 2.64. The van der Waals surface area contributed by atoms with Crippen LogP contribution in [0.5, 0.6) is 0 Å². The van der Waals surface area contributed by atoms with Gasteiger partial charge in [0.25, 0.3) is 0 Å². The number of fused-ring (bicyclic) bond motifs is 5. The minimum Gasteiger partial charge on any atom is -0.265 e. The second-order valence-electron chi connectivity index (χ2n) is 10.1. The number of halogens is 1. The van der Waals surface area contributed by atoms with Crippen LogP contribution in [0.2, 0.25) is 0 Å². The van der Waals surface area contributed by atoms with Crippen molar-refractivity contribution < 1.29 is 4.39 Å². The lowest BCUT2D eigenvalue weighted by Crippen LogP contribution is -2.45. The van der Waals surface area contributed by atoms with Crippen LogP contribution in [0.1, 0.15) is 74.6 Å². The van der Waals surface area contributed by atoms with E-state index in [-0.39, 0.29) is 11.4 Å². The van der Waals surface area contributed by atoms with Gasteiger partial charge in [0, 0.05) is 12.4 Å². The number of pyridine rings is 1. The fourth-order valence-corrected chi connectivity index (χ4v) is 6.95. The number of benzene rings is 1. The number of hydrogen-bond donors (Lipinski definition) is 0. The maximum atomic E-state index is 14.6. The summed E-state index contributed by atoms with van der Waals surface area (Å²) in [6.45, 7) is 9.36. The first-order valence-electron chi connectivity index (χ1n) is 11.4. The van der Waals surface area contributed by atoms with Crippen molar-refractivity contribution in [2.45, 2.75) is 65.7 Å². The monoisotopic (exact) mass is 404 g/mol. The summed E-state index contributed by atoms with van der Waals surface area (Å²) in [6.07, 6.45) is 9.45. The Balaban J connectivity index is 0.000000265. The molecule has 3 heteroatoms. The molecule has 1 aromatic carbocycles. The molecular formula is C27H33FN2. The van der Waals surface area contributed by atoms with E-state index in [1.165, 1.54) is 30.4 Å². The molecule has 3 unspecified atom stereocenters. The molecule has 2 saturated carbocycles. The first-order chi connectivity index (χ1) is 14.4. The van der Waals surface area contributed by atoms with Crippen molar-refractivity contribution in [2.75, 3.05) is 0 Å². The van der Waals surface area contributed by atoms with Gasteiger partial charge in [-0.1, -0.05) is 26.8 Å². The Morgan fingerprint density at radius 1 is 1.10 bits per heavy atom. The van der Waals surface area contributed by atoms with E-state index in [4.69, 9.17) is 5.26 Å². The van der Waals surface area contributed by atoms with E-state index in [0.717, 1.165) is 30.2 Å². The molecule has 0 radical (unpaired) electrons. The van der Waals surface area contributed by atoms with Crippen LogP contribution in [-0.2, 0) is 6.42 Å². The van der Waals surface area contributed by atoms with Crippen molar-refractivity contribution in [3.05, 3.63) is 64.7 Å². The third kappa shape index (κ3) is 3.45. The number of aromatic nitrogens is 1. The van der Waals surface area contributed by atoms with Gasteiger partial charge in [0.05, 0.1) is 5.56 Å². The molecule has 0 aliphatic heterocycles. The van der Waals surface area contributed by atoms with Gasteiger partial charge in [0.1, 0.15) is 11.9 Å². The Bertz CT molecular complexity index is 947. The Kier molecular flexibility index (Phi) is 5.71. The van der Waals surface area contributed by atoms with Crippen LogP contribution >= 0.6 is 0 Å². The number of aryl methyl sites for hydroxylation is 1. The van der Waals surface area contributed by atoms with E-state index >= 15 is 0 Å². The molecule has 30 heavy (non-hydrogen) atoms. The lowest BCUT2D eigenvalue weighted by Gasteiger charge is -2.53. The number of nitriles is 1. The minimum atomic E-state index is -0.247. The van der Waals surface area contributed by atoms with Crippen molar-refractivity contribution in [1.82, 2.24) is 4.98 Å². The zero-order valence-corrected chi connectivity index (χ0v) is 18.7. The first-order valence-corrected chi connectivity index (χ1v) is 11.4. The standard InChI is InChI=1S/C21H26FN.C6H7N/c1-12-10-21(3)13(2)4-9-18(21)17-8-7-16-15(19(12)17)6-5-14(11-23)20(16)22;1-6-2-4-7-5-3-6/h5-6,12-13,17-19H,4,7-10H2,1-3H3;2-5H,1H3/t12-,13-,17?,18?,19?,21+;/m0./s1. The fraction of sp³-hybridized carbons (Fsp3) is 0.556. The lowest BCUT2D eigenvalue weighted by atomic mass is 9.51.